The number of carbonyl (C=O) groups is 1. The van der Waals surface area contributed by atoms with E-state index in [4.69, 9.17) is 25.5 Å². The molecule has 6 nitrogen and oxygen atoms in total. The van der Waals surface area contributed by atoms with Gasteiger partial charge < -0.3 is 19.2 Å². The van der Waals surface area contributed by atoms with Gasteiger partial charge in [0, 0.05) is 30.8 Å². The molecule has 3 aromatic rings. The van der Waals surface area contributed by atoms with Crippen LogP contribution in [0.4, 0.5) is 0 Å². The largest absolute Gasteiger partial charge is 0.484 e. The van der Waals surface area contributed by atoms with E-state index in [1.165, 1.54) is 0 Å². The average Bonchev–Trinajstić information content (AvgIpc) is 2.73. The first kappa shape index (κ1) is 21.9. The van der Waals surface area contributed by atoms with Crippen molar-refractivity contribution in [3.63, 3.8) is 0 Å². The second-order valence-corrected chi connectivity index (χ2v) is 7.15. The molecular formula is C23H24ClNO5. The zero-order valence-electron chi connectivity index (χ0n) is 17.0. The summed E-state index contributed by atoms with van der Waals surface area (Å²) >= 11 is 5.94. The van der Waals surface area contributed by atoms with E-state index in [1.54, 1.807) is 49.4 Å². The number of hydrogen-bond donors (Lipinski definition) is 1. The molecule has 1 amide bonds. The molecule has 1 N–H and O–H groups in total. The van der Waals surface area contributed by atoms with Crippen molar-refractivity contribution in [1.82, 2.24) is 5.32 Å². The highest BCUT2D eigenvalue weighted by Gasteiger charge is 2.14. The van der Waals surface area contributed by atoms with Gasteiger partial charge in [-0.25, -0.2) is 0 Å². The van der Waals surface area contributed by atoms with Crippen LogP contribution in [-0.2, 0) is 9.53 Å². The minimum Gasteiger partial charge on any atom is -0.484 e. The molecule has 0 unspecified atom stereocenters. The number of nitrogens with one attached hydrogen (secondary N) is 1. The molecule has 0 radical (unpaired) electrons. The van der Waals surface area contributed by atoms with Crippen molar-refractivity contribution in [2.45, 2.75) is 20.3 Å². The molecule has 158 valence electrons. The molecule has 0 bridgehead atoms. The number of benzene rings is 2. The molecule has 1 heterocycles. The highest BCUT2D eigenvalue weighted by Crippen LogP contribution is 2.27. The quantitative estimate of drug-likeness (QED) is 0.512. The summed E-state index contributed by atoms with van der Waals surface area (Å²) in [5, 5.41) is 3.81. The van der Waals surface area contributed by atoms with Gasteiger partial charge in [-0.05, 0) is 50.1 Å². The number of ether oxygens (including phenoxy) is 2. The van der Waals surface area contributed by atoms with E-state index in [0.29, 0.717) is 52.8 Å². The van der Waals surface area contributed by atoms with E-state index in [1.807, 2.05) is 6.92 Å². The Balaban J connectivity index is 1.71. The Morgan fingerprint density at radius 3 is 2.67 bits per heavy atom. The topological polar surface area (TPSA) is 77.8 Å². The minimum absolute atomic E-state index is 0.119. The van der Waals surface area contributed by atoms with Gasteiger partial charge in [-0.1, -0.05) is 23.7 Å². The third kappa shape index (κ3) is 5.40. The van der Waals surface area contributed by atoms with E-state index in [2.05, 4.69) is 5.32 Å². The fourth-order valence-corrected chi connectivity index (χ4v) is 3.20. The van der Waals surface area contributed by atoms with E-state index in [-0.39, 0.29) is 17.9 Å². The summed E-state index contributed by atoms with van der Waals surface area (Å²) in [6, 6.07) is 12.0. The highest BCUT2D eigenvalue weighted by atomic mass is 35.5. The molecule has 1 aromatic heterocycles. The standard InChI is InChI=1S/C23H24ClNO5/c1-3-28-12-4-11-25-21(26)14-29-18-9-10-19-20(13-18)30-15(2)22(23(19)27)16-5-7-17(24)8-6-16/h5-10,13H,3-4,11-12,14H2,1-2H3,(H,25,26). The predicted octanol–water partition coefficient (Wildman–Crippen LogP) is 4.34. The Morgan fingerprint density at radius 2 is 1.93 bits per heavy atom. The first-order chi connectivity index (χ1) is 14.5. The Hall–Kier alpha value is -2.83. The summed E-state index contributed by atoms with van der Waals surface area (Å²) in [4.78, 5) is 24.9. The van der Waals surface area contributed by atoms with Gasteiger partial charge in [0.1, 0.15) is 17.1 Å². The monoisotopic (exact) mass is 429 g/mol. The molecule has 2 aromatic carbocycles. The van der Waals surface area contributed by atoms with Crippen molar-refractivity contribution in [2.75, 3.05) is 26.4 Å². The molecule has 0 aliphatic heterocycles. The number of hydrogen-bond acceptors (Lipinski definition) is 5. The van der Waals surface area contributed by atoms with Crippen LogP contribution in [0.2, 0.25) is 5.02 Å². The van der Waals surface area contributed by atoms with Crippen molar-refractivity contribution >= 4 is 28.5 Å². The van der Waals surface area contributed by atoms with Crippen molar-refractivity contribution in [3.05, 3.63) is 63.5 Å². The van der Waals surface area contributed by atoms with Crippen molar-refractivity contribution in [1.29, 1.82) is 0 Å². The highest BCUT2D eigenvalue weighted by molar-refractivity contribution is 6.30. The Labute approximate surface area is 179 Å². The lowest BCUT2D eigenvalue weighted by molar-refractivity contribution is -0.123. The number of halogens is 1. The third-order valence-electron chi connectivity index (χ3n) is 4.53. The normalized spacial score (nSPS) is 10.9. The predicted molar refractivity (Wildman–Crippen MR) is 117 cm³/mol. The van der Waals surface area contributed by atoms with Gasteiger partial charge in [-0.15, -0.1) is 0 Å². The first-order valence-electron chi connectivity index (χ1n) is 9.80. The zero-order valence-corrected chi connectivity index (χ0v) is 17.8. The molecule has 7 heteroatoms. The minimum atomic E-state index is -0.220. The Kier molecular flexibility index (Phi) is 7.49. The number of carbonyl (C=O) groups excluding carboxylic acids is 1. The van der Waals surface area contributed by atoms with Gasteiger partial charge in [0.15, 0.2) is 6.61 Å². The van der Waals surface area contributed by atoms with Crippen molar-refractivity contribution in [2.24, 2.45) is 0 Å². The van der Waals surface area contributed by atoms with Crippen LogP contribution in [0.1, 0.15) is 19.1 Å². The third-order valence-corrected chi connectivity index (χ3v) is 4.79. The molecule has 30 heavy (non-hydrogen) atoms. The summed E-state index contributed by atoms with van der Waals surface area (Å²) < 4.78 is 16.6. The summed E-state index contributed by atoms with van der Waals surface area (Å²) in [7, 11) is 0. The maximum Gasteiger partial charge on any atom is 0.257 e. The lowest BCUT2D eigenvalue weighted by Gasteiger charge is -2.10. The maximum atomic E-state index is 13.0. The smallest absolute Gasteiger partial charge is 0.257 e. The van der Waals surface area contributed by atoms with Crippen LogP contribution in [0.5, 0.6) is 5.75 Å². The summed E-state index contributed by atoms with van der Waals surface area (Å²) in [5.41, 5.74) is 1.52. The van der Waals surface area contributed by atoms with Gasteiger partial charge in [0.25, 0.3) is 5.91 Å². The second kappa shape index (κ2) is 10.3. The van der Waals surface area contributed by atoms with Gasteiger partial charge in [-0.3, -0.25) is 9.59 Å². The Bertz CT molecular complexity index is 1080. The van der Waals surface area contributed by atoms with Crippen LogP contribution in [0.25, 0.3) is 22.1 Å². The number of amides is 1. The number of rotatable bonds is 9. The molecule has 3 rings (SSSR count). The summed E-state index contributed by atoms with van der Waals surface area (Å²) in [6.07, 6.45) is 0.746. The zero-order chi connectivity index (χ0) is 21.5. The second-order valence-electron chi connectivity index (χ2n) is 6.72. The van der Waals surface area contributed by atoms with Crippen LogP contribution >= 0.6 is 11.6 Å². The van der Waals surface area contributed by atoms with Gasteiger partial charge in [0.05, 0.1) is 10.9 Å². The Morgan fingerprint density at radius 1 is 1.17 bits per heavy atom. The summed E-state index contributed by atoms with van der Waals surface area (Å²) in [6.45, 7) is 5.36. The molecule has 0 saturated carbocycles. The van der Waals surface area contributed by atoms with Crippen molar-refractivity contribution in [3.8, 4) is 16.9 Å². The van der Waals surface area contributed by atoms with E-state index >= 15 is 0 Å². The molecule has 0 saturated heterocycles. The number of aryl methyl sites for hydroxylation is 1. The molecule has 0 aliphatic rings. The number of fused-ring (bicyclic) bond motifs is 1. The van der Waals surface area contributed by atoms with Crippen LogP contribution < -0.4 is 15.5 Å². The van der Waals surface area contributed by atoms with Crippen LogP contribution in [0.3, 0.4) is 0 Å². The maximum absolute atomic E-state index is 13.0. The average molecular weight is 430 g/mol. The van der Waals surface area contributed by atoms with E-state index < -0.39 is 0 Å². The lowest BCUT2D eigenvalue weighted by atomic mass is 10.0. The van der Waals surface area contributed by atoms with E-state index in [9.17, 15) is 9.59 Å². The molecule has 0 aliphatic carbocycles. The first-order valence-corrected chi connectivity index (χ1v) is 10.2. The fourth-order valence-electron chi connectivity index (χ4n) is 3.07. The van der Waals surface area contributed by atoms with Crippen LogP contribution in [0.15, 0.2) is 51.7 Å². The molecule has 0 atom stereocenters. The lowest BCUT2D eigenvalue weighted by Crippen LogP contribution is -2.30. The SMILES string of the molecule is CCOCCCNC(=O)COc1ccc2c(=O)c(-c3ccc(Cl)cc3)c(C)oc2c1. The molecular weight excluding hydrogens is 406 g/mol. The van der Waals surface area contributed by atoms with Crippen LogP contribution in [0, 0.1) is 6.92 Å². The van der Waals surface area contributed by atoms with E-state index in [0.717, 1.165) is 12.0 Å². The van der Waals surface area contributed by atoms with Crippen LogP contribution in [-0.4, -0.2) is 32.3 Å². The summed E-state index contributed by atoms with van der Waals surface area (Å²) in [5.74, 6) is 0.732. The molecule has 0 fully saturated rings. The fraction of sp³-hybridized carbons (Fsp3) is 0.304. The molecule has 0 spiro atoms. The van der Waals surface area contributed by atoms with Gasteiger partial charge in [-0.2, -0.15) is 0 Å². The van der Waals surface area contributed by atoms with Gasteiger partial charge >= 0.3 is 0 Å². The van der Waals surface area contributed by atoms with Gasteiger partial charge in [0.2, 0.25) is 5.43 Å². The van der Waals surface area contributed by atoms with Crippen molar-refractivity contribution < 1.29 is 18.7 Å².